The van der Waals surface area contributed by atoms with Gasteiger partial charge in [0.1, 0.15) is 17.6 Å². The Kier molecular flexibility index (Phi) is 3.53. The summed E-state index contributed by atoms with van der Waals surface area (Å²) in [5.74, 6) is 1.74. The molecule has 0 aliphatic heterocycles. The third-order valence-electron chi connectivity index (χ3n) is 2.68. The average molecular weight is 256 g/mol. The highest BCUT2D eigenvalue weighted by atomic mass is 16.4. The number of nitrogens with one attached hydrogen (secondary N) is 1. The van der Waals surface area contributed by atoms with Gasteiger partial charge >= 0.3 is 5.97 Å². The summed E-state index contributed by atoms with van der Waals surface area (Å²) in [6.07, 6.45) is 6.76. The quantitative estimate of drug-likeness (QED) is 0.727. The number of pyridine rings is 1. The van der Waals surface area contributed by atoms with E-state index in [-0.39, 0.29) is 12.2 Å². The number of rotatable bonds is 4. The van der Waals surface area contributed by atoms with Crippen LogP contribution in [-0.2, 0) is 4.79 Å². The van der Waals surface area contributed by atoms with E-state index in [0.717, 1.165) is 5.39 Å². The van der Waals surface area contributed by atoms with E-state index in [1.165, 1.54) is 6.07 Å². The molecule has 2 aromatic rings. The molecule has 1 atom stereocenters. The summed E-state index contributed by atoms with van der Waals surface area (Å²) in [7, 11) is 0. The van der Waals surface area contributed by atoms with E-state index in [9.17, 15) is 9.90 Å². The van der Waals surface area contributed by atoms with Gasteiger partial charge in [0.25, 0.3) is 0 Å². The second kappa shape index (κ2) is 5.27. The molecule has 1 aromatic heterocycles. The molecule has 0 saturated heterocycles. The highest BCUT2D eigenvalue weighted by Gasteiger charge is 2.17. The van der Waals surface area contributed by atoms with Crippen molar-refractivity contribution < 1.29 is 15.0 Å². The van der Waals surface area contributed by atoms with Gasteiger partial charge in [-0.2, -0.15) is 0 Å². The van der Waals surface area contributed by atoms with Crippen LogP contribution in [0.1, 0.15) is 6.42 Å². The molecule has 96 valence electrons. The molecule has 1 unspecified atom stereocenters. The Morgan fingerprint density at radius 3 is 2.95 bits per heavy atom. The van der Waals surface area contributed by atoms with Gasteiger partial charge in [-0.1, -0.05) is 6.07 Å². The highest BCUT2D eigenvalue weighted by Crippen LogP contribution is 2.25. The van der Waals surface area contributed by atoms with Crippen molar-refractivity contribution in [1.29, 1.82) is 0 Å². The topological polar surface area (TPSA) is 82.5 Å². The van der Waals surface area contributed by atoms with Crippen LogP contribution in [0.2, 0.25) is 0 Å². The fourth-order valence-corrected chi connectivity index (χ4v) is 1.75. The van der Waals surface area contributed by atoms with Gasteiger partial charge in [-0.05, 0) is 23.6 Å². The first-order valence-corrected chi connectivity index (χ1v) is 5.62. The van der Waals surface area contributed by atoms with Crippen molar-refractivity contribution in [3.63, 3.8) is 0 Å². The van der Waals surface area contributed by atoms with Gasteiger partial charge in [0.15, 0.2) is 0 Å². The monoisotopic (exact) mass is 256 g/mol. The predicted molar refractivity (Wildman–Crippen MR) is 71.9 cm³/mol. The lowest BCUT2D eigenvalue weighted by Crippen LogP contribution is -2.29. The summed E-state index contributed by atoms with van der Waals surface area (Å²) in [5, 5.41) is 22.8. The number of aromatic hydroxyl groups is 1. The molecule has 0 spiro atoms. The maximum Gasteiger partial charge on any atom is 0.327 e. The SMILES string of the molecule is C#CCC(Nc1nccc2ccc(O)cc12)C(=O)O. The Labute approximate surface area is 109 Å². The van der Waals surface area contributed by atoms with Crippen molar-refractivity contribution in [2.45, 2.75) is 12.5 Å². The third-order valence-corrected chi connectivity index (χ3v) is 2.68. The zero-order chi connectivity index (χ0) is 13.8. The van der Waals surface area contributed by atoms with Crippen molar-refractivity contribution in [3.8, 4) is 18.1 Å². The first kappa shape index (κ1) is 12.7. The predicted octanol–water partition coefficient (Wildman–Crippen LogP) is 1.83. The lowest BCUT2D eigenvalue weighted by molar-refractivity contribution is -0.137. The molecule has 0 bridgehead atoms. The molecule has 1 aromatic carbocycles. The molecule has 1 heterocycles. The number of benzene rings is 1. The Bertz CT molecular complexity index is 661. The number of aliphatic carboxylic acids is 1. The molecule has 0 aliphatic carbocycles. The largest absolute Gasteiger partial charge is 0.508 e. The summed E-state index contributed by atoms with van der Waals surface area (Å²) >= 11 is 0. The maximum absolute atomic E-state index is 11.1. The molecule has 3 N–H and O–H groups in total. The van der Waals surface area contributed by atoms with Crippen molar-refractivity contribution in [2.75, 3.05) is 5.32 Å². The fourth-order valence-electron chi connectivity index (χ4n) is 1.75. The van der Waals surface area contributed by atoms with Crippen LogP contribution in [0.3, 0.4) is 0 Å². The third kappa shape index (κ3) is 2.75. The van der Waals surface area contributed by atoms with Crippen LogP contribution < -0.4 is 5.32 Å². The molecule has 0 amide bonds. The molecule has 0 fully saturated rings. The van der Waals surface area contributed by atoms with Gasteiger partial charge in [-0.25, -0.2) is 9.78 Å². The first-order valence-electron chi connectivity index (χ1n) is 5.62. The minimum atomic E-state index is -1.04. The van der Waals surface area contributed by atoms with E-state index in [2.05, 4.69) is 16.2 Å². The Hall–Kier alpha value is -2.74. The van der Waals surface area contributed by atoms with Crippen molar-refractivity contribution >= 4 is 22.6 Å². The molecule has 0 radical (unpaired) electrons. The lowest BCUT2D eigenvalue weighted by Gasteiger charge is -2.14. The van der Waals surface area contributed by atoms with E-state index < -0.39 is 12.0 Å². The van der Waals surface area contributed by atoms with Crippen molar-refractivity contribution in [1.82, 2.24) is 4.98 Å². The number of hydrogen-bond donors (Lipinski definition) is 3. The summed E-state index contributed by atoms with van der Waals surface area (Å²) in [5.41, 5.74) is 0. The number of carboxylic acid groups (broad SMARTS) is 1. The number of carbonyl (C=O) groups is 1. The van der Waals surface area contributed by atoms with Gasteiger partial charge in [0.05, 0.1) is 0 Å². The second-order valence-corrected chi connectivity index (χ2v) is 4.01. The number of anilines is 1. The summed E-state index contributed by atoms with van der Waals surface area (Å²) in [6.45, 7) is 0. The van der Waals surface area contributed by atoms with Crippen LogP contribution in [0.15, 0.2) is 30.5 Å². The van der Waals surface area contributed by atoms with Crippen LogP contribution in [-0.4, -0.2) is 27.2 Å². The normalized spacial score (nSPS) is 11.7. The van der Waals surface area contributed by atoms with Crippen LogP contribution in [0.5, 0.6) is 5.75 Å². The number of aromatic nitrogens is 1. The van der Waals surface area contributed by atoms with Crippen molar-refractivity contribution in [2.24, 2.45) is 0 Å². The molecule has 5 nitrogen and oxygen atoms in total. The van der Waals surface area contributed by atoms with E-state index in [1.807, 2.05) is 0 Å². The van der Waals surface area contributed by atoms with Gasteiger partial charge < -0.3 is 15.5 Å². The number of hydrogen-bond acceptors (Lipinski definition) is 4. The van der Waals surface area contributed by atoms with Gasteiger partial charge in [0, 0.05) is 18.0 Å². The van der Waals surface area contributed by atoms with Crippen LogP contribution >= 0.6 is 0 Å². The number of phenolic OH excluding ortho intramolecular Hbond substituents is 1. The highest BCUT2D eigenvalue weighted by molar-refractivity contribution is 5.94. The number of carboxylic acids is 1. The molecular weight excluding hydrogens is 244 g/mol. The molecule has 0 saturated carbocycles. The summed E-state index contributed by atoms with van der Waals surface area (Å²) < 4.78 is 0. The first-order chi connectivity index (χ1) is 9.11. The molecule has 2 rings (SSSR count). The van der Waals surface area contributed by atoms with E-state index >= 15 is 0 Å². The van der Waals surface area contributed by atoms with Gasteiger partial charge in [0.2, 0.25) is 0 Å². The summed E-state index contributed by atoms with van der Waals surface area (Å²) in [4.78, 5) is 15.2. The zero-order valence-corrected chi connectivity index (χ0v) is 10.00. The van der Waals surface area contributed by atoms with Crippen LogP contribution in [0.25, 0.3) is 10.8 Å². The maximum atomic E-state index is 11.1. The molecule has 5 heteroatoms. The summed E-state index contributed by atoms with van der Waals surface area (Å²) in [6, 6.07) is 5.68. The van der Waals surface area contributed by atoms with Crippen LogP contribution in [0.4, 0.5) is 5.82 Å². The second-order valence-electron chi connectivity index (χ2n) is 4.01. The van der Waals surface area contributed by atoms with Crippen LogP contribution in [0, 0.1) is 12.3 Å². The molecule has 19 heavy (non-hydrogen) atoms. The minimum Gasteiger partial charge on any atom is -0.508 e. The minimum absolute atomic E-state index is 0.0478. The average Bonchev–Trinajstić information content (AvgIpc) is 2.38. The smallest absolute Gasteiger partial charge is 0.327 e. The van der Waals surface area contributed by atoms with E-state index in [4.69, 9.17) is 11.5 Å². The number of nitrogens with zero attached hydrogens (tertiary/aromatic N) is 1. The zero-order valence-electron chi connectivity index (χ0n) is 10.00. The standard InChI is InChI=1S/C14H12N2O3/c1-2-3-12(14(18)19)16-13-11-8-10(17)5-4-9(11)6-7-15-13/h1,4-8,12,17H,3H2,(H,15,16)(H,18,19). The Morgan fingerprint density at radius 2 is 2.26 bits per heavy atom. The molecule has 0 aliphatic rings. The van der Waals surface area contributed by atoms with Gasteiger partial charge in [-0.3, -0.25) is 0 Å². The van der Waals surface area contributed by atoms with Crippen molar-refractivity contribution in [3.05, 3.63) is 30.5 Å². The fraction of sp³-hybridized carbons (Fsp3) is 0.143. The number of terminal acetylenes is 1. The Morgan fingerprint density at radius 1 is 1.47 bits per heavy atom. The molecular formula is C14H12N2O3. The number of fused-ring (bicyclic) bond motifs is 1. The van der Waals surface area contributed by atoms with E-state index in [1.54, 1.807) is 24.4 Å². The Balaban J connectivity index is 2.42. The lowest BCUT2D eigenvalue weighted by atomic mass is 10.1. The van der Waals surface area contributed by atoms with Gasteiger partial charge in [-0.15, -0.1) is 12.3 Å². The number of phenols is 1. The van der Waals surface area contributed by atoms with E-state index in [0.29, 0.717) is 11.2 Å².